The number of ether oxygens (including phenoxy) is 3. The number of aliphatic imine (C=N–C) groups is 1. The molecule has 0 fully saturated rings. The van der Waals surface area contributed by atoms with Gasteiger partial charge in [-0.3, -0.25) is 9.67 Å². The van der Waals surface area contributed by atoms with E-state index in [9.17, 15) is 4.79 Å². The first-order chi connectivity index (χ1) is 15.5. The topological polar surface area (TPSA) is 74.9 Å². The first kappa shape index (κ1) is 24.6. The van der Waals surface area contributed by atoms with Gasteiger partial charge in [-0.2, -0.15) is 5.10 Å². The minimum absolute atomic E-state index is 0.0505. The first-order valence-corrected chi connectivity index (χ1v) is 11.5. The smallest absolute Gasteiger partial charge is 0.452 e. The summed E-state index contributed by atoms with van der Waals surface area (Å²) in [5, 5.41) is 4.59. The molecule has 0 amide bonds. The molecule has 0 bridgehead atoms. The van der Waals surface area contributed by atoms with E-state index in [2.05, 4.69) is 55.1 Å². The third-order valence-corrected chi connectivity index (χ3v) is 5.21. The molecule has 178 valence electrons. The van der Waals surface area contributed by atoms with Crippen molar-refractivity contribution in [3.05, 3.63) is 52.8 Å². The van der Waals surface area contributed by atoms with Crippen LogP contribution < -0.4 is 0 Å². The van der Waals surface area contributed by atoms with Gasteiger partial charge in [0.1, 0.15) is 11.7 Å². The zero-order valence-electron chi connectivity index (χ0n) is 20.9. The molecule has 2 atom stereocenters. The Morgan fingerprint density at radius 2 is 1.73 bits per heavy atom. The van der Waals surface area contributed by atoms with Crippen molar-refractivity contribution in [2.24, 2.45) is 4.99 Å². The average molecular weight is 454 g/mol. The summed E-state index contributed by atoms with van der Waals surface area (Å²) >= 11 is 0. The predicted molar refractivity (Wildman–Crippen MR) is 130 cm³/mol. The van der Waals surface area contributed by atoms with E-state index < -0.39 is 12.4 Å². The lowest BCUT2D eigenvalue weighted by Gasteiger charge is -2.23. The third-order valence-electron chi connectivity index (χ3n) is 5.21. The van der Waals surface area contributed by atoms with Crippen LogP contribution in [0.4, 0.5) is 4.79 Å². The average Bonchev–Trinajstić information content (AvgIpc) is 3.47. The quantitative estimate of drug-likeness (QED) is 0.289. The van der Waals surface area contributed by atoms with Crippen molar-refractivity contribution in [1.29, 1.82) is 0 Å². The number of benzene rings is 1. The highest BCUT2D eigenvalue weighted by molar-refractivity contribution is 6.03. The fourth-order valence-corrected chi connectivity index (χ4v) is 3.55. The van der Waals surface area contributed by atoms with Crippen LogP contribution in [0.1, 0.15) is 71.0 Å². The molecular formula is C26H35N3O4. The molecule has 1 aliphatic heterocycles. The number of hydrogen-bond acceptors (Lipinski definition) is 6. The molecule has 0 saturated heterocycles. The monoisotopic (exact) mass is 453 g/mol. The Kier molecular flexibility index (Phi) is 7.30. The van der Waals surface area contributed by atoms with Crippen LogP contribution in [0.25, 0.3) is 11.3 Å². The molecule has 7 nitrogen and oxygen atoms in total. The molecule has 33 heavy (non-hydrogen) atoms. The minimum atomic E-state index is -0.866. The number of nitrogens with zero attached hydrogens (tertiary/aromatic N) is 3. The van der Waals surface area contributed by atoms with Crippen LogP contribution in [0.5, 0.6) is 0 Å². The molecule has 3 rings (SSSR count). The molecule has 1 aromatic carbocycles. The number of aryl methyl sites for hydroxylation is 2. The van der Waals surface area contributed by atoms with Gasteiger partial charge in [0.2, 0.25) is 6.29 Å². The van der Waals surface area contributed by atoms with Gasteiger partial charge in [-0.25, -0.2) is 4.79 Å². The van der Waals surface area contributed by atoms with Gasteiger partial charge in [0.15, 0.2) is 5.76 Å². The summed E-state index contributed by atoms with van der Waals surface area (Å²) in [6.45, 7) is 16.4. The molecule has 7 heteroatoms. The van der Waals surface area contributed by atoms with Gasteiger partial charge in [-0.05, 0) is 50.3 Å². The van der Waals surface area contributed by atoms with Crippen molar-refractivity contribution in [2.75, 3.05) is 0 Å². The third kappa shape index (κ3) is 6.24. The van der Waals surface area contributed by atoms with E-state index in [1.807, 2.05) is 30.8 Å². The number of carbonyl (C=O) groups excluding carboxylic acids is 1. The lowest BCUT2D eigenvalue weighted by atomic mass is 9.86. The lowest BCUT2D eigenvalue weighted by molar-refractivity contribution is -0.0736. The molecule has 0 spiro atoms. The standard InChI is InChI=1S/C26H35N3O4/c1-9-29-22(14-17(4)28-29)24(32-18(5)33-25(30)31-16(2)3)23(21-15-27-21)19-10-12-20(13-11-19)26(6,7)8/h10-16,18,21H,9H2,1-8H3/b24-23+. The Morgan fingerprint density at radius 1 is 1.09 bits per heavy atom. The van der Waals surface area contributed by atoms with Crippen molar-refractivity contribution >= 4 is 23.7 Å². The van der Waals surface area contributed by atoms with Crippen LogP contribution in [0, 0.1) is 6.92 Å². The highest BCUT2D eigenvalue weighted by atomic mass is 16.8. The highest BCUT2D eigenvalue weighted by Gasteiger charge is 2.30. The van der Waals surface area contributed by atoms with E-state index in [0.29, 0.717) is 12.3 Å². The van der Waals surface area contributed by atoms with Crippen molar-refractivity contribution < 1.29 is 19.0 Å². The molecule has 0 N–H and O–H groups in total. The van der Waals surface area contributed by atoms with E-state index in [1.54, 1.807) is 20.8 Å². The molecule has 2 unspecified atom stereocenters. The second-order valence-electron chi connectivity index (χ2n) is 9.52. The fraction of sp³-hybridized carbons (Fsp3) is 0.500. The maximum Gasteiger partial charge on any atom is 0.511 e. The molecular weight excluding hydrogens is 418 g/mol. The van der Waals surface area contributed by atoms with Gasteiger partial charge in [-0.15, -0.1) is 0 Å². The van der Waals surface area contributed by atoms with Gasteiger partial charge in [0, 0.05) is 25.3 Å². The van der Waals surface area contributed by atoms with E-state index in [4.69, 9.17) is 14.2 Å². The van der Waals surface area contributed by atoms with Crippen molar-refractivity contribution in [3.8, 4) is 0 Å². The van der Waals surface area contributed by atoms with Crippen molar-refractivity contribution in [2.45, 2.75) is 85.8 Å². The lowest BCUT2D eigenvalue weighted by Crippen LogP contribution is -2.22. The van der Waals surface area contributed by atoms with Gasteiger partial charge in [0.05, 0.1) is 11.8 Å². The maximum absolute atomic E-state index is 12.0. The van der Waals surface area contributed by atoms with Crippen LogP contribution in [0.15, 0.2) is 35.3 Å². The van der Waals surface area contributed by atoms with E-state index in [1.165, 1.54) is 5.56 Å². The Hall–Kier alpha value is -3.09. The SMILES string of the molecule is CCn1nc(C)cc1/C(OC(C)OC(=O)OC(C)C)=C(/c1ccc(C(C)(C)C)cc1)C1C=N1. The molecule has 2 aromatic rings. The van der Waals surface area contributed by atoms with Gasteiger partial charge in [0.25, 0.3) is 0 Å². The van der Waals surface area contributed by atoms with Crippen LogP contribution in [-0.2, 0) is 26.2 Å². The van der Waals surface area contributed by atoms with E-state index in [0.717, 1.165) is 22.5 Å². The molecule has 1 aromatic heterocycles. The molecule has 0 aliphatic carbocycles. The Labute approximate surface area is 196 Å². The second kappa shape index (κ2) is 9.81. The Morgan fingerprint density at radius 3 is 2.24 bits per heavy atom. The number of hydrogen-bond donors (Lipinski definition) is 0. The summed E-state index contributed by atoms with van der Waals surface area (Å²) in [5.41, 5.74) is 4.89. The maximum atomic E-state index is 12.0. The van der Waals surface area contributed by atoms with Crippen molar-refractivity contribution in [1.82, 2.24) is 9.78 Å². The zero-order chi connectivity index (χ0) is 24.3. The molecule has 0 radical (unpaired) electrons. The summed E-state index contributed by atoms with van der Waals surface area (Å²) < 4.78 is 18.6. The first-order valence-electron chi connectivity index (χ1n) is 11.5. The fourth-order valence-electron chi connectivity index (χ4n) is 3.55. The molecule has 0 saturated carbocycles. The van der Waals surface area contributed by atoms with E-state index in [-0.39, 0.29) is 17.6 Å². The van der Waals surface area contributed by atoms with Crippen LogP contribution in [0.2, 0.25) is 0 Å². The highest BCUT2D eigenvalue weighted by Crippen LogP contribution is 2.36. The summed E-state index contributed by atoms with van der Waals surface area (Å²) in [4.78, 5) is 16.5. The molecule has 2 heterocycles. The predicted octanol–water partition coefficient (Wildman–Crippen LogP) is 5.75. The number of carbonyl (C=O) groups is 1. The van der Waals surface area contributed by atoms with Gasteiger partial charge < -0.3 is 14.2 Å². The van der Waals surface area contributed by atoms with Gasteiger partial charge >= 0.3 is 6.16 Å². The van der Waals surface area contributed by atoms with Crippen LogP contribution in [0.3, 0.4) is 0 Å². The Balaban J connectivity index is 2.06. The minimum Gasteiger partial charge on any atom is -0.452 e. The normalized spacial score (nSPS) is 16.9. The van der Waals surface area contributed by atoms with Gasteiger partial charge in [-0.1, -0.05) is 45.0 Å². The summed E-state index contributed by atoms with van der Waals surface area (Å²) in [6, 6.07) is 10.3. The zero-order valence-corrected chi connectivity index (χ0v) is 20.9. The molecule has 1 aliphatic rings. The van der Waals surface area contributed by atoms with Crippen LogP contribution >= 0.6 is 0 Å². The Bertz CT molecular complexity index is 1040. The van der Waals surface area contributed by atoms with Crippen LogP contribution in [-0.4, -0.2) is 40.6 Å². The van der Waals surface area contributed by atoms with E-state index >= 15 is 0 Å². The number of aromatic nitrogens is 2. The number of rotatable bonds is 8. The second-order valence-corrected chi connectivity index (χ2v) is 9.52. The largest absolute Gasteiger partial charge is 0.511 e. The summed E-state index contributed by atoms with van der Waals surface area (Å²) in [6.07, 6.45) is -0.0280. The summed E-state index contributed by atoms with van der Waals surface area (Å²) in [5.74, 6) is 0.591. The van der Waals surface area contributed by atoms with Crippen molar-refractivity contribution in [3.63, 3.8) is 0 Å². The summed E-state index contributed by atoms with van der Waals surface area (Å²) in [7, 11) is 0.